The second-order valence-electron chi connectivity index (χ2n) is 4.78. The minimum absolute atomic E-state index is 0.198. The van der Waals surface area contributed by atoms with Gasteiger partial charge < -0.3 is 14.5 Å². The maximum atomic E-state index is 8.97. The molecule has 0 atom stereocenters. The number of hydrogen-bond donors (Lipinski definition) is 1. The minimum Gasteiger partial charge on any atom is -0.496 e. The highest BCUT2D eigenvalue weighted by atomic mass is 16.5. The summed E-state index contributed by atoms with van der Waals surface area (Å²) < 4.78 is 10.8. The summed E-state index contributed by atoms with van der Waals surface area (Å²) in [5.41, 5.74) is 2.97. The summed E-state index contributed by atoms with van der Waals surface area (Å²) in [4.78, 5) is 7.75. The van der Waals surface area contributed by atoms with Crippen molar-refractivity contribution in [1.29, 1.82) is 5.26 Å². The van der Waals surface area contributed by atoms with Crippen LogP contribution >= 0.6 is 0 Å². The van der Waals surface area contributed by atoms with Gasteiger partial charge in [0.15, 0.2) is 0 Å². The Kier molecular flexibility index (Phi) is 3.86. The van der Waals surface area contributed by atoms with Crippen molar-refractivity contribution in [2.24, 2.45) is 0 Å². The number of fused-ring (bicyclic) bond motifs is 1. The van der Waals surface area contributed by atoms with Crippen LogP contribution in [-0.4, -0.2) is 23.7 Å². The van der Waals surface area contributed by atoms with E-state index in [-0.39, 0.29) is 6.61 Å². The predicted octanol–water partition coefficient (Wildman–Crippen LogP) is 3.12. The van der Waals surface area contributed by atoms with E-state index in [1.54, 1.807) is 25.3 Å². The standard InChI is InChI=1S/C18H13N3O2/c1-3-8-23-13-5-6-14(17(10-13)22-2)18-20-15-7-4-12(11-19)9-16(15)21-18/h1,4-7,9-10H,8H2,2H3,(H,20,21). The molecule has 0 saturated carbocycles. The minimum atomic E-state index is 0.198. The van der Waals surface area contributed by atoms with Crippen LogP contribution < -0.4 is 9.47 Å². The molecule has 0 amide bonds. The summed E-state index contributed by atoms with van der Waals surface area (Å²) in [5.74, 6) is 4.34. The van der Waals surface area contributed by atoms with Gasteiger partial charge in [0.05, 0.1) is 35.3 Å². The number of benzene rings is 2. The van der Waals surface area contributed by atoms with Crippen molar-refractivity contribution in [1.82, 2.24) is 9.97 Å². The molecule has 0 radical (unpaired) electrons. The smallest absolute Gasteiger partial charge is 0.148 e. The van der Waals surface area contributed by atoms with Crippen LogP contribution in [0.5, 0.6) is 11.5 Å². The molecule has 0 aliphatic carbocycles. The highest BCUT2D eigenvalue weighted by molar-refractivity contribution is 5.82. The molecule has 1 N–H and O–H groups in total. The first-order valence-electron chi connectivity index (χ1n) is 6.89. The Morgan fingerprint density at radius 3 is 2.87 bits per heavy atom. The number of nitrogens with zero attached hydrogens (tertiary/aromatic N) is 2. The fourth-order valence-electron chi connectivity index (χ4n) is 2.29. The first-order valence-corrected chi connectivity index (χ1v) is 6.89. The van der Waals surface area contributed by atoms with Gasteiger partial charge in [-0.25, -0.2) is 4.98 Å². The molecule has 0 bridgehead atoms. The van der Waals surface area contributed by atoms with Crippen molar-refractivity contribution in [3.05, 3.63) is 42.0 Å². The Labute approximate surface area is 133 Å². The number of methoxy groups -OCH3 is 1. The Balaban J connectivity index is 2.04. The number of imidazole rings is 1. The van der Waals surface area contributed by atoms with E-state index < -0.39 is 0 Å². The lowest BCUT2D eigenvalue weighted by molar-refractivity contribution is 0.363. The Bertz CT molecular complexity index is 945. The van der Waals surface area contributed by atoms with Crippen LogP contribution in [-0.2, 0) is 0 Å². The Morgan fingerprint density at radius 1 is 1.26 bits per heavy atom. The van der Waals surface area contributed by atoms with Gasteiger partial charge in [0.1, 0.15) is 23.9 Å². The lowest BCUT2D eigenvalue weighted by Gasteiger charge is -2.09. The van der Waals surface area contributed by atoms with Crippen LogP contribution in [0.3, 0.4) is 0 Å². The molecule has 5 heteroatoms. The second kappa shape index (κ2) is 6.13. The van der Waals surface area contributed by atoms with E-state index >= 15 is 0 Å². The molecule has 2 aromatic carbocycles. The molecule has 1 aromatic heterocycles. The Hall–Kier alpha value is -3.44. The molecule has 0 unspecified atom stereocenters. The molecule has 3 aromatic rings. The molecule has 3 rings (SSSR count). The molecule has 0 aliphatic heterocycles. The molecule has 0 fully saturated rings. The first kappa shape index (κ1) is 14.5. The van der Waals surface area contributed by atoms with Crippen molar-refractivity contribution < 1.29 is 9.47 Å². The van der Waals surface area contributed by atoms with Gasteiger partial charge in [-0.05, 0) is 30.3 Å². The van der Waals surface area contributed by atoms with Crippen molar-refractivity contribution in [2.75, 3.05) is 13.7 Å². The number of terminal acetylenes is 1. The summed E-state index contributed by atoms with van der Waals surface area (Å²) >= 11 is 0. The number of aromatic amines is 1. The number of ether oxygens (including phenoxy) is 2. The van der Waals surface area contributed by atoms with Gasteiger partial charge in [0, 0.05) is 6.07 Å². The maximum Gasteiger partial charge on any atom is 0.148 e. The van der Waals surface area contributed by atoms with E-state index in [9.17, 15) is 0 Å². The topological polar surface area (TPSA) is 70.9 Å². The van der Waals surface area contributed by atoms with E-state index in [2.05, 4.69) is 22.0 Å². The second-order valence-corrected chi connectivity index (χ2v) is 4.78. The highest BCUT2D eigenvalue weighted by Gasteiger charge is 2.12. The number of nitriles is 1. The average molecular weight is 303 g/mol. The number of H-pyrrole nitrogens is 1. The fraction of sp³-hybridized carbons (Fsp3) is 0.111. The molecule has 5 nitrogen and oxygen atoms in total. The van der Waals surface area contributed by atoms with E-state index in [1.807, 2.05) is 18.2 Å². The van der Waals surface area contributed by atoms with Gasteiger partial charge in [-0.2, -0.15) is 5.26 Å². The molecule has 23 heavy (non-hydrogen) atoms. The van der Waals surface area contributed by atoms with E-state index in [0.717, 1.165) is 16.6 Å². The van der Waals surface area contributed by atoms with Gasteiger partial charge >= 0.3 is 0 Å². The van der Waals surface area contributed by atoms with Gasteiger partial charge in [0.2, 0.25) is 0 Å². The van der Waals surface area contributed by atoms with Crippen LogP contribution in [0.4, 0.5) is 0 Å². The summed E-state index contributed by atoms with van der Waals surface area (Å²) in [6.45, 7) is 0.198. The van der Waals surface area contributed by atoms with Gasteiger partial charge in [-0.15, -0.1) is 6.42 Å². The van der Waals surface area contributed by atoms with E-state index in [0.29, 0.717) is 22.9 Å². The molecule has 112 valence electrons. The van der Waals surface area contributed by atoms with Gasteiger partial charge in [0.25, 0.3) is 0 Å². The molecular weight excluding hydrogens is 290 g/mol. The van der Waals surface area contributed by atoms with Crippen LogP contribution in [0.15, 0.2) is 36.4 Å². The third-order valence-corrected chi connectivity index (χ3v) is 3.36. The number of nitrogens with one attached hydrogen (secondary N) is 1. The van der Waals surface area contributed by atoms with Crippen LogP contribution in [0.25, 0.3) is 22.4 Å². The van der Waals surface area contributed by atoms with Gasteiger partial charge in [-0.3, -0.25) is 0 Å². The SMILES string of the molecule is C#CCOc1ccc(-c2nc3ccc(C#N)cc3[nH]2)c(OC)c1. The van der Waals surface area contributed by atoms with E-state index in [4.69, 9.17) is 21.2 Å². The average Bonchev–Trinajstić information content (AvgIpc) is 3.02. The van der Waals surface area contributed by atoms with Crippen molar-refractivity contribution >= 4 is 11.0 Å². The normalized spacial score (nSPS) is 10.0. The summed E-state index contributed by atoms with van der Waals surface area (Å²) in [5, 5.41) is 8.97. The molecular formula is C18H13N3O2. The zero-order valence-electron chi connectivity index (χ0n) is 12.5. The summed E-state index contributed by atoms with van der Waals surface area (Å²) in [6.07, 6.45) is 5.19. The highest BCUT2D eigenvalue weighted by Crippen LogP contribution is 2.32. The summed E-state index contributed by atoms with van der Waals surface area (Å²) in [6, 6.07) is 12.9. The fourth-order valence-corrected chi connectivity index (χ4v) is 2.29. The van der Waals surface area contributed by atoms with Crippen molar-refractivity contribution in [3.63, 3.8) is 0 Å². The lowest BCUT2D eigenvalue weighted by Crippen LogP contribution is -1.95. The van der Waals surface area contributed by atoms with Crippen LogP contribution in [0.2, 0.25) is 0 Å². The number of rotatable bonds is 4. The third-order valence-electron chi connectivity index (χ3n) is 3.36. The van der Waals surface area contributed by atoms with E-state index in [1.165, 1.54) is 0 Å². The monoisotopic (exact) mass is 303 g/mol. The number of hydrogen-bond acceptors (Lipinski definition) is 4. The van der Waals surface area contributed by atoms with Gasteiger partial charge in [-0.1, -0.05) is 5.92 Å². The van der Waals surface area contributed by atoms with Crippen molar-refractivity contribution in [3.8, 4) is 41.3 Å². The molecule has 0 spiro atoms. The van der Waals surface area contributed by atoms with Crippen molar-refractivity contribution in [2.45, 2.75) is 0 Å². The quantitative estimate of drug-likeness (QED) is 0.752. The largest absolute Gasteiger partial charge is 0.496 e. The Morgan fingerprint density at radius 2 is 2.13 bits per heavy atom. The maximum absolute atomic E-state index is 8.97. The zero-order valence-corrected chi connectivity index (χ0v) is 12.5. The molecule has 0 saturated heterocycles. The predicted molar refractivity (Wildman–Crippen MR) is 87.1 cm³/mol. The lowest BCUT2D eigenvalue weighted by atomic mass is 10.2. The molecule has 0 aliphatic rings. The van der Waals surface area contributed by atoms with Crippen LogP contribution in [0.1, 0.15) is 5.56 Å². The number of aromatic nitrogens is 2. The zero-order chi connectivity index (χ0) is 16.2. The van der Waals surface area contributed by atoms with Crippen LogP contribution in [0, 0.1) is 23.7 Å². The summed E-state index contributed by atoms with van der Waals surface area (Å²) in [7, 11) is 1.58. The third kappa shape index (κ3) is 2.81. The first-order chi connectivity index (χ1) is 11.2. The molecule has 1 heterocycles.